The number of ketones is 1. The summed E-state index contributed by atoms with van der Waals surface area (Å²) in [5, 5.41) is 0. The van der Waals surface area contributed by atoms with E-state index in [1.54, 1.807) is 14.0 Å². The summed E-state index contributed by atoms with van der Waals surface area (Å²) in [6.07, 6.45) is 2.98. The third kappa shape index (κ3) is 4.16. The monoisotopic (exact) mass is 280 g/mol. The number of methoxy groups -OCH3 is 1. The van der Waals surface area contributed by atoms with Gasteiger partial charge in [0.05, 0.1) is 7.11 Å². The minimum atomic E-state index is 0.157. The Morgan fingerprint density at radius 2 is 2.26 bits per heavy atom. The van der Waals surface area contributed by atoms with Crippen molar-refractivity contribution >= 4 is 17.5 Å². The molecule has 2 rings (SSSR count). The van der Waals surface area contributed by atoms with Crippen molar-refractivity contribution in [3.05, 3.63) is 23.8 Å². The lowest BCUT2D eigenvalue weighted by Crippen LogP contribution is -2.23. The standard InChI is InChI=1S/C15H20O3S/c1-11(16)8-12-5-6-14(17-2)15(9-12)18-13-4-3-7-19-10-13/h5-6,9,13H,3-4,7-8,10H2,1-2H3. The van der Waals surface area contributed by atoms with Gasteiger partial charge in [-0.1, -0.05) is 6.07 Å². The molecule has 3 nitrogen and oxygen atoms in total. The van der Waals surface area contributed by atoms with Crippen molar-refractivity contribution in [3.63, 3.8) is 0 Å². The van der Waals surface area contributed by atoms with Crippen molar-refractivity contribution in [2.24, 2.45) is 0 Å². The van der Waals surface area contributed by atoms with E-state index in [1.807, 2.05) is 30.0 Å². The molecule has 1 aromatic carbocycles. The van der Waals surface area contributed by atoms with Gasteiger partial charge in [-0.05, 0) is 43.2 Å². The molecule has 1 fully saturated rings. The van der Waals surface area contributed by atoms with E-state index >= 15 is 0 Å². The summed E-state index contributed by atoms with van der Waals surface area (Å²) in [6, 6.07) is 5.73. The van der Waals surface area contributed by atoms with Gasteiger partial charge in [-0.2, -0.15) is 11.8 Å². The fourth-order valence-corrected chi connectivity index (χ4v) is 3.23. The van der Waals surface area contributed by atoms with E-state index in [2.05, 4.69) is 0 Å². The molecule has 1 aliphatic rings. The molecule has 0 N–H and O–H groups in total. The second-order valence-corrected chi connectivity index (χ2v) is 5.97. The molecule has 0 spiro atoms. The second kappa shape index (κ2) is 6.85. The number of rotatable bonds is 5. The molecule has 1 unspecified atom stereocenters. The summed E-state index contributed by atoms with van der Waals surface area (Å²) in [5.74, 6) is 3.91. The zero-order valence-corrected chi connectivity index (χ0v) is 12.3. The smallest absolute Gasteiger partial charge is 0.161 e. The minimum Gasteiger partial charge on any atom is -0.493 e. The molecule has 1 atom stereocenters. The van der Waals surface area contributed by atoms with Gasteiger partial charge >= 0.3 is 0 Å². The predicted molar refractivity (Wildman–Crippen MR) is 78.4 cm³/mol. The second-order valence-electron chi connectivity index (χ2n) is 4.82. The highest BCUT2D eigenvalue weighted by molar-refractivity contribution is 7.99. The molecule has 0 aromatic heterocycles. The topological polar surface area (TPSA) is 35.5 Å². The normalized spacial score (nSPS) is 18.9. The van der Waals surface area contributed by atoms with Crippen LogP contribution in [0.15, 0.2) is 18.2 Å². The molecule has 1 aromatic rings. The fraction of sp³-hybridized carbons (Fsp3) is 0.533. The molecule has 19 heavy (non-hydrogen) atoms. The average molecular weight is 280 g/mol. The maximum atomic E-state index is 11.2. The SMILES string of the molecule is COc1ccc(CC(C)=O)cc1OC1CCCSC1. The molecule has 1 aliphatic heterocycles. The van der Waals surface area contributed by atoms with Gasteiger partial charge in [-0.15, -0.1) is 0 Å². The Morgan fingerprint density at radius 1 is 1.42 bits per heavy atom. The lowest BCUT2D eigenvalue weighted by molar-refractivity contribution is -0.116. The molecule has 0 saturated carbocycles. The van der Waals surface area contributed by atoms with Crippen molar-refractivity contribution in [1.29, 1.82) is 0 Å². The highest BCUT2D eigenvalue weighted by Crippen LogP contribution is 2.31. The molecular formula is C15H20O3S. The van der Waals surface area contributed by atoms with Crippen molar-refractivity contribution in [2.45, 2.75) is 32.3 Å². The van der Waals surface area contributed by atoms with Crippen LogP contribution in [0.25, 0.3) is 0 Å². The largest absolute Gasteiger partial charge is 0.493 e. The molecule has 4 heteroatoms. The van der Waals surface area contributed by atoms with Gasteiger partial charge in [0.2, 0.25) is 0 Å². The molecule has 0 aliphatic carbocycles. The van der Waals surface area contributed by atoms with Crippen molar-refractivity contribution in [1.82, 2.24) is 0 Å². The Bertz CT molecular complexity index is 439. The van der Waals surface area contributed by atoms with E-state index in [0.717, 1.165) is 29.2 Å². The molecule has 1 saturated heterocycles. The van der Waals surface area contributed by atoms with E-state index in [9.17, 15) is 4.79 Å². The van der Waals surface area contributed by atoms with E-state index in [1.165, 1.54) is 12.2 Å². The summed E-state index contributed by atoms with van der Waals surface area (Å²) in [5.41, 5.74) is 0.978. The quantitative estimate of drug-likeness (QED) is 0.830. The van der Waals surface area contributed by atoms with Crippen molar-refractivity contribution < 1.29 is 14.3 Å². The minimum absolute atomic E-state index is 0.157. The first-order valence-electron chi connectivity index (χ1n) is 6.60. The number of thioether (sulfide) groups is 1. The van der Waals surface area contributed by atoms with E-state index < -0.39 is 0 Å². The molecule has 104 valence electrons. The summed E-state index contributed by atoms with van der Waals surface area (Å²) in [4.78, 5) is 11.2. The van der Waals surface area contributed by atoms with Gasteiger partial charge in [0.25, 0.3) is 0 Å². The van der Waals surface area contributed by atoms with Gasteiger partial charge < -0.3 is 9.47 Å². The summed E-state index contributed by atoms with van der Waals surface area (Å²) < 4.78 is 11.4. The Kier molecular flexibility index (Phi) is 5.14. The summed E-state index contributed by atoms with van der Waals surface area (Å²) in [7, 11) is 1.64. The maximum Gasteiger partial charge on any atom is 0.161 e. The highest BCUT2D eigenvalue weighted by atomic mass is 32.2. The van der Waals surface area contributed by atoms with Gasteiger partial charge in [0, 0.05) is 12.2 Å². The van der Waals surface area contributed by atoms with Crippen LogP contribution < -0.4 is 9.47 Å². The zero-order chi connectivity index (χ0) is 13.7. The number of ether oxygens (including phenoxy) is 2. The summed E-state index contributed by atoms with van der Waals surface area (Å²) in [6.45, 7) is 1.60. The number of benzene rings is 1. The van der Waals surface area contributed by atoms with E-state index in [-0.39, 0.29) is 11.9 Å². The van der Waals surface area contributed by atoms with Gasteiger partial charge in [-0.3, -0.25) is 4.79 Å². The van der Waals surface area contributed by atoms with Crippen LogP contribution in [0, 0.1) is 0 Å². The predicted octanol–water partition coefficient (Wildman–Crippen LogP) is 3.10. The number of hydrogen-bond acceptors (Lipinski definition) is 4. The molecule has 0 amide bonds. The Morgan fingerprint density at radius 3 is 2.89 bits per heavy atom. The first-order chi connectivity index (χ1) is 9.19. The van der Waals surface area contributed by atoms with Crippen LogP contribution in [0.1, 0.15) is 25.3 Å². The molecule has 1 heterocycles. The van der Waals surface area contributed by atoms with Crippen molar-refractivity contribution in [3.8, 4) is 11.5 Å². The third-order valence-electron chi connectivity index (χ3n) is 3.09. The number of carbonyl (C=O) groups is 1. The lowest BCUT2D eigenvalue weighted by Gasteiger charge is -2.24. The highest BCUT2D eigenvalue weighted by Gasteiger charge is 2.17. The first kappa shape index (κ1) is 14.3. The van der Waals surface area contributed by atoms with Crippen LogP contribution in [-0.2, 0) is 11.2 Å². The number of Topliss-reactive ketones (excluding diaryl/α,β-unsaturated/α-hetero) is 1. The van der Waals surface area contributed by atoms with Crippen LogP contribution >= 0.6 is 11.8 Å². The third-order valence-corrected chi connectivity index (χ3v) is 4.28. The van der Waals surface area contributed by atoms with Gasteiger partial charge in [0.15, 0.2) is 11.5 Å². The lowest BCUT2D eigenvalue weighted by atomic mass is 10.1. The summed E-state index contributed by atoms with van der Waals surface area (Å²) >= 11 is 1.93. The Balaban J connectivity index is 2.12. The first-order valence-corrected chi connectivity index (χ1v) is 7.75. The zero-order valence-electron chi connectivity index (χ0n) is 11.5. The number of hydrogen-bond donors (Lipinski definition) is 0. The van der Waals surface area contributed by atoms with Crippen LogP contribution in [0.2, 0.25) is 0 Å². The van der Waals surface area contributed by atoms with E-state index in [4.69, 9.17) is 9.47 Å². The van der Waals surface area contributed by atoms with Crippen LogP contribution in [0.5, 0.6) is 11.5 Å². The van der Waals surface area contributed by atoms with Gasteiger partial charge in [-0.25, -0.2) is 0 Å². The number of carbonyl (C=O) groups excluding carboxylic acids is 1. The van der Waals surface area contributed by atoms with Crippen LogP contribution in [0.3, 0.4) is 0 Å². The molecular weight excluding hydrogens is 260 g/mol. The van der Waals surface area contributed by atoms with E-state index in [0.29, 0.717) is 6.42 Å². The van der Waals surface area contributed by atoms with Crippen molar-refractivity contribution in [2.75, 3.05) is 18.6 Å². The van der Waals surface area contributed by atoms with Gasteiger partial charge in [0.1, 0.15) is 11.9 Å². The van der Waals surface area contributed by atoms with Crippen LogP contribution in [0.4, 0.5) is 0 Å². The molecule has 0 radical (unpaired) electrons. The Hall–Kier alpha value is -1.16. The van der Waals surface area contributed by atoms with Crippen LogP contribution in [-0.4, -0.2) is 30.5 Å². The average Bonchev–Trinajstić information content (AvgIpc) is 2.39. The fourth-order valence-electron chi connectivity index (χ4n) is 2.19. The molecule has 0 bridgehead atoms. The maximum absolute atomic E-state index is 11.2. The Labute approximate surface area is 118 Å².